The van der Waals surface area contributed by atoms with Crippen LogP contribution in [-0.2, 0) is 4.79 Å². The van der Waals surface area contributed by atoms with Gasteiger partial charge in [0.05, 0.1) is 6.54 Å². The van der Waals surface area contributed by atoms with Gasteiger partial charge in [-0.2, -0.15) is 0 Å². The van der Waals surface area contributed by atoms with Crippen LogP contribution in [0.3, 0.4) is 0 Å². The number of hydrogen-bond donors (Lipinski definition) is 1. The summed E-state index contributed by atoms with van der Waals surface area (Å²) in [6.45, 7) is 5.73. The van der Waals surface area contributed by atoms with Gasteiger partial charge >= 0.3 is 0 Å². The summed E-state index contributed by atoms with van der Waals surface area (Å²) in [6, 6.07) is 0.353. The predicted molar refractivity (Wildman–Crippen MR) is 57.2 cm³/mol. The number of amides is 1. The molecule has 1 aliphatic rings. The van der Waals surface area contributed by atoms with Crippen LogP contribution in [-0.4, -0.2) is 62.0 Å². The summed E-state index contributed by atoms with van der Waals surface area (Å²) < 4.78 is 0. The third-order valence-electron chi connectivity index (χ3n) is 2.84. The first-order valence-corrected chi connectivity index (χ1v) is 5.27. The Morgan fingerprint density at radius 3 is 2.86 bits per heavy atom. The fourth-order valence-corrected chi connectivity index (χ4v) is 1.76. The highest BCUT2D eigenvalue weighted by Gasteiger charge is 2.25. The normalized spacial score (nSPS) is 24.4. The molecule has 0 bridgehead atoms. The maximum atomic E-state index is 11.5. The smallest absolute Gasteiger partial charge is 0.236 e. The summed E-state index contributed by atoms with van der Waals surface area (Å²) in [7, 11) is 3.84. The zero-order valence-electron chi connectivity index (χ0n) is 9.42. The van der Waals surface area contributed by atoms with E-state index in [1.54, 1.807) is 0 Å². The molecule has 4 nitrogen and oxygen atoms in total. The monoisotopic (exact) mass is 199 g/mol. The van der Waals surface area contributed by atoms with E-state index in [0.29, 0.717) is 12.6 Å². The lowest BCUT2D eigenvalue weighted by atomic mass is 10.2. The second-order valence-electron chi connectivity index (χ2n) is 4.05. The molecule has 0 aromatic carbocycles. The van der Waals surface area contributed by atoms with Crippen LogP contribution in [0.5, 0.6) is 0 Å². The molecular formula is C10H21N3O. The number of carbonyl (C=O) groups excluding carboxylic acids is 1. The molecule has 1 rings (SSSR count). The van der Waals surface area contributed by atoms with Crippen LogP contribution in [0.25, 0.3) is 0 Å². The minimum atomic E-state index is 0.244. The van der Waals surface area contributed by atoms with Crippen LogP contribution in [0.1, 0.15) is 13.3 Å². The number of rotatable bonds is 4. The molecule has 1 heterocycles. The lowest BCUT2D eigenvalue weighted by Gasteiger charge is -2.37. The molecular weight excluding hydrogens is 178 g/mol. The van der Waals surface area contributed by atoms with Gasteiger partial charge in [0, 0.05) is 19.6 Å². The molecule has 1 aliphatic heterocycles. The summed E-state index contributed by atoms with van der Waals surface area (Å²) in [5.41, 5.74) is 0. The highest BCUT2D eigenvalue weighted by molar-refractivity contribution is 5.79. The van der Waals surface area contributed by atoms with Crippen molar-refractivity contribution in [3.8, 4) is 0 Å². The Morgan fingerprint density at radius 1 is 1.57 bits per heavy atom. The Bertz CT molecular complexity index is 196. The zero-order valence-corrected chi connectivity index (χ0v) is 9.42. The van der Waals surface area contributed by atoms with Gasteiger partial charge in [0.2, 0.25) is 5.91 Å². The molecule has 0 aliphatic carbocycles. The van der Waals surface area contributed by atoms with Crippen molar-refractivity contribution >= 4 is 5.91 Å². The number of hydrogen-bond acceptors (Lipinski definition) is 3. The molecule has 1 N–H and O–H groups in total. The third kappa shape index (κ3) is 2.96. The maximum absolute atomic E-state index is 11.5. The van der Waals surface area contributed by atoms with Gasteiger partial charge in [-0.05, 0) is 33.5 Å². The van der Waals surface area contributed by atoms with Crippen LogP contribution in [0, 0.1) is 0 Å². The Morgan fingerprint density at radius 2 is 2.29 bits per heavy atom. The first-order chi connectivity index (χ1) is 6.65. The van der Waals surface area contributed by atoms with E-state index in [0.717, 1.165) is 26.1 Å². The molecule has 1 unspecified atom stereocenters. The summed E-state index contributed by atoms with van der Waals surface area (Å²) in [5, 5.41) is 3.12. The molecule has 0 aromatic heterocycles. The molecule has 1 saturated heterocycles. The number of piperazine rings is 1. The minimum Gasteiger partial charge on any atom is -0.341 e. The van der Waals surface area contributed by atoms with Gasteiger partial charge in [-0.3, -0.25) is 9.69 Å². The second-order valence-corrected chi connectivity index (χ2v) is 4.05. The first kappa shape index (κ1) is 11.5. The third-order valence-corrected chi connectivity index (χ3v) is 2.84. The van der Waals surface area contributed by atoms with Gasteiger partial charge in [-0.25, -0.2) is 0 Å². The van der Waals surface area contributed by atoms with E-state index in [1.165, 1.54) is 0 Å². The number of carbonyl (C=O) groups is 1. The van der Waals surface area contributed by atoms with Crippen molar-refractivity contribution in [2.24, 2.45) is 0 Å². The van der Waals surface area contributed by atoms with Crippen LogP contribution < -0.4 is 5.32 Å². The van der Waals surface area contributed by atoms with E-state index in [-0.39, 0.29) is 5.91 Å². The van der Waals surface area contributed by atoms with Crippen molar-refractivity contribution < 1.29 is 4.79 Å². The zero-order chi connectivity index (χ0) is 10.6. The van der Waals surface area contributed by atoms with E-state index in [9.17, 15) is 4.79 Å². The molecule has 1 fully saturated rings. The fourth-order valence-electron chi connectivity index (χ4n) is 1.76. The van der Waals surface area contributed by atoms with Crippen molar-refractivity contribution in [1.82, 2.24) is 15.1 Å². The van der Waals surface area contributed by atoms with Gasteiger partial charge in [-0.1, -0.05) is 0 Å². The predicted octanol–water partition coefficient (Wildman–Crippen LogP) is -0.242. The first-order valence-electron chi connectivity index (χ1n) is 5.27. The SMILES string of the molecule is CNCCCN1CC(=O)N(C)C(C)C1. The standard InChI is InChI=1S/C10H21N3O/c1-9-7-13(6-4-5-11-2)8-10(14)12(9)3/h9,11H,4-8H2,1-3H3. The largest absolute Gasteiger partial charge is 0.341 e. The van der Waals surface area contributed by atoms with Crippen molar-refractivity contribution in [3.63, 3.8) is 0 Å². The number of nitrogens with zero attached hydrogens (tertiary/aromatic N) is 2. The molecule has 1 atom stereocenters. The summed E-state index contributed by atoms with van der Waals surface area (Å²) in [5.74, 6) is 0.244. The van der Waals surface area contributed by atoms with Gasteiger partial charge in [0.1, 0.15) is 0 Å². The lowest BCUT2D eigenvalue weighted by Crippen LogP contribution is -2.53. The topological polar surface area (TPSA) is 35.6 Å². The van der Waals surface area contributed by atoms with Crippen LogP contribution in [0.15, 0.2) is 0 Å². The van der Waals surface area contributed by atoms with E-state index in [4.69, 9.17) is 0 Å². The second kappa shape index (κ2) is 5.32. The average Bonchev–Trinajstić information content (AvgIpc) is 2.14. The van der Waals surface area contributed by atoms with Gasteiger partial charge in [-0.15, -0.1) is 0 Å². The molecule has 0 aromatic rings. The van der Waals surface area contributed by atoms with Crippen LogP contribution >= 0.6 is 0 Å². The van der Waals surface area contributed by atoms with Gasteiger partial charge in [0.25, 0.3) is 0 Å². The van der Waals surface area contributed by atoms with E-state index in [2.05, 4.69) is 17.1 Å². The molecule has 0 saturated carbocycles. The number of likely N-dealkylation sites (N-methyl/N-ethyl adjacent to an activating group) is 1. The summed E-state index contributed by atoms with van der Waals surface area (Å²) >= 11 is 0. The maximum Gasteiger partial charge on any atom is 0.236 e. The van der Waals surface area contributed by atoms with Crippen molar-refractivity contribution in [2.75, 3.05) is 40.3 Å². The molecule has 1 amide bonds. The Hall–Kier alpha value is -0.610. The van der Waals surface area contributed by atoms with Gasteiger partial charge in [0.15, 0.2) is 0 Å². The van der Waals surface area contributed by atoms with Crippen molar-refractivity contribution in [3.05, 3.63) is 0 Å². The summed E-state index contributed by atoms with van der Waals surface area (Å²) in [6.07, 6.45) is 1.11. The Balaban J connectivity index is 2.31. The van der Waals surface area contributed by atoms with Crippen molar-refractivity contribution in [2.45, 2.75) is 19.4 Å². The minimum absolute atomic E-state index is 0.244. The van der Waals surface area contributed by atoms with E-state index in [1.807, 2.05) is 19.0 Å². The average molecular weight is 199 g/mol. The molecule has 0 radical (unpaired) electrons. The van der Waals surface area contributed by atoms with Crippen molar-refractivity contribution in [1.29, 1.82) is 0 Å². The Labute approximate surface area is 86.2 Å². The van der Waals surface area contributed by atoms with E-state index >= 15 is 0 Å². The van der Waals surface area contributed by atoms with Gasteiger partial charge < -0.3 is 10.2 Å². The quantitative estimate of drug-likeness (QED) is 0.635. The van der Waals surface area contributed by atoms with Crippen LogP contribution in [0.4, 0.5) is 0 Å². The lowest BCUT2D eigenvalue weighted by molar-refractivity contribution is -0.137. The van der Waals surface area contributed by atoms with E-state index < -0.39 is 0 Å². The highest BCUT2D eigenvalue weighted by Crippen LogP contribution is 2.08. The summed E-state index contributed by atoms with van der Waals surface area (Å²) in [4.78, 5) is 15.6. The molecule has 0 spiro atoms. The molecule has 14 heavy (non-hydrogen) atoms. The molecule has 4 heteroatoms. The fraction of sp³-hybridized carbons (Fsp3) is 0.900. The molecule has 82 valence electrons. The highest BCUT2D eigenvalue weighted by atomic mass is 16.2. The van der Waals surface area contributed by atoms with Crippen LogP contribution in [0.2, 0.25) is 0 Å². The number of nitrogens with one attached hydrogen (secondary N) is 1. The Kier molecular flexibility index (Phi) is 4.35.